The average Bonchev–Trinajstić information content (AvgIpc) is 2.36. The van der Waals surface area contributed by atoms with Gasteiger partial charge in [0.25, 0.3) is 10.0 Å². The van der Waals surface area contributed by atoms with E-state index in [1.165, 1.54) is 6.07 Å². The Kier molecular flexibility index (Phi) is 4.41. The summed E-state index contributed by atoms with van der Waals surface area (Å²) in [6.07, 6.45) is 0. The van der Waals surface area contributed by atoms with Gasteiger partial charge in [-0.15, -0.1) is 0 Å². The van der Waals surface area contributed by atoms with E-state index in [1.807, 2.05) is 6.07 Å². The quantitative estimate of drug-likeness (QED) is 0.741. The maximum absolute atomic E-state index is 12.4. The molecule has 0 saturated heterocycles. The summed E-state index contributed by atoms with van der Waals surface area (Å²) in [6.45, 7) is 1.72. The van der Waals surface area contributed by atoms with Gasteiger partial charge in [0.05, 0.1) is 10.6 Å². The van der Waals surface area contributed by atoms with Gasteiger partial charge in [0.1, 0.15) is 0 Å². The number of sulfonamides is 1. The number of nitrogen functional groups attached to an aromatic ring is 1. The lowest BCUT2D eigenvalue weighted by Gasteiger charge is -2.13. The highest BCUT2D eigenvalue weighted by atomic mass is 79.9. The van der Waals surface area contributed by atoms with Crippen LogP contribution in [0, 0.1) is 6.92 Å². The van der Waals surface area contributed by atoms with Crippen molar-refractivity contribution >= 4 is 53.3 Å². The van der Waals surface area contributed by atoms with Crippen molar-refractivity contribution in [2.45, 2.75) is 11.8 Å². The van der Waals surface area contributed by atoms with Gasteiger partial charge in [-0.2, -0.15) is 0 Å². The van der Waals surface area contributed by atoms with Crippen molar-refractivity contribution in [3.63, 3.8) is 0 Å². The number of hydrogen-bond acceptors (Lipinski definition) is 3. The Bertz CT molecular complexity index is 761. The molecule has 7 heteroatoms. The van der Waals surface area contributed by atoms with Crippen LogP contribution in [0.3, 0.4) is 0 Å². The van der Waals surface area contributed by atoms with Gasteiger partial charge in [-0.1, -0.05) is 12.1 Å². The van der Waals surface area contributed by atoms with E-state index >= 15 is 0 Å². The topological polar surface area (TPSA) is 72.2 Å². The van der Waals surface area contributed by atoms with Crippen LogP contribution in [0.25, 0.3) is 0 Å². The molecule has 2 aromatic rings. The molecule has 20 heavy (non-hydrogen) atoms. The monoisotopic (exact) mass is 418 g/mol. The zero-order valence-electron chi connectivity index (χ0n) is 10.5. The van der Waals surface area contributed by atoms with Gasteiger partial charge in [-0.3, -0.25) is 4.72 Å². The molecule has 0 heterocycles. The minimum Gasteiger partial charge on any atom is -0.398 e. The van der Waals surface area contributed by atoms with E-state index in [1.54, 1.807) is 31.2 Å². The summed E-state index contributed by atoms with van der Waals surface area (Å²) in [6, 6.07) is 10.1. The lowest BCUT2D eigenvalue weighted by atomic mass is 10.2. The van der Waals surface area contributed by atoms with Gasteiger partial charge in [0.15, 0.2) is 0 Å². The molecule has 0 saturated carbocycles. The number of rotatable bonds is 3. The normalized spacial score (nSPS) is 11.3. The molecular weight excluding hydrogens is 408 g/mol. The standard InChI is InChI=1S/C13H12Br2N2O2S/c1-8-6-10(15)11(16)7-13(8)20(18,19)17-12-5-3-2-4-9(12)14/h2-7,17H,16H2,1H3. The Morgan fingerprint density at radius 3 is 2.40 bits per heavy atom. The summed E-state index contributed by atoms with van der Waals surface area (Å²) >= 11 is 6.58. The van der Waals surface area contributed by atoms with Crippen molar-refractivity contribution in [1.82, 2.24) is 0 Å². The van der Waals surface area contributed by atoms with Gasteiger partial charge in [0.2, 0.25) is 0 Å². The number of hydrogen-bond donors (Lipinski definition) is 2. The Morgan fingerprint density at radius 1 is 1.10 bits per heavy atom. The average molecular weight is 420 g/mol. The van der Waals surface area contributed by atoms with Gasteiger partial charge in [-0.25, -0.2) is 8.42 Å². The number of nitrogens with one attached hydrogen (secondary N) is 1. The van der Waals surface area contributed by atoms with Crippen molar-refractivity contribution < 1.29 is 8.42 Å². The van der Waals surface area contributed by atoms with E-state index in [4.69, 9.17) is 5.73 Å². The highest BCUT2D eigenvalue weighted by molar-refractivity contribution is 9.11. The maximum Gasteiger partial charge on any atom is 0.262 e. The molecule has 0 atom stereocenters. The summed E-state index contributed by atoms with van der Waals surface area (Å²) in [4.78, 5) is 0.161. The first-order valence-corrected chi connectivity index (χ1v) is 8.71. The fourth-order valence-corrected chi connectivity index (χ4v) is 4.02. The van der Waals surface area contributed by atoms with Crippen molar-refractivity contribution in [2.24, 2.45) is 0 Å². The molecule has 0 aliphatic carbocycles. The lowest BCUT2D eigenvalue weighted by Crippen LogP contribution is -2.15. The van der Waals surface area contributed by atoms with Gasteiger partial charge in [0, 0.05) is 14.6 Å². The number of halogens is 2. The molecule has 0 unspecified atom stereocenters. The summed E-state index contributed by atoms with van der Waals surface area (Å²) in [5.41, 5.74) is 7.24. The molecule has 4 nitrogen and oxygen atoms in total. The van der Waals surface area contributed by atoms with Crippen molar-refractivity contribution in [2.75, 3.05) is 10.5 Å². The molecule has 0 aliphatic heterocycles. The molecule has 0 spiro atoms. The first kappa shape index (κ1) is 15.3. The Morgan fingerprint density at radius 2 is 1.75 bits per heavy atom. The minimum atomic E-state index is -3.69. The van der Waals surface area contributed by atoms with Crippen LogP contribution < -0.4 is 10.5 Å². The second kappa shape index (κ2) is 5.75. The number of anilines is 2. The predicted molar refractivity (Wildman–Crippen MR) is 88.2 cm³/mol. The number of nitrogens with two attached hydrogens (primary N) is 1. The fourth-order valence-electron chi connectivity index (χ4n) is 1.70. The smallest absolute Gasteiger partial charge is 0.262 e. The first-order valence-electron chi connectivity index (χ1n) is 5.64. The van der Waals surface area contributed by atoms with E-state index in [0.717, 1.165) is 0 Å². The van der Waals surface area contributed by atoms with Gasteiger partial charge >= 0.3 is 0 Å². The van der Waals surface area contributed by atoms with Crippen LogP contribution in [0.5, 0.6) is 0 Å². The van der Waals surface area contributed by atoms with Crippen LogP contribution in [-0.2, 0) is 10.0 Å². The summed E-state index contributed by atoms with van der Waals surface area (Å²) in [7, 11) is -3.69. The molecule has 3 N–H and O–H groups in total. The highest BCUT2D eigenvalue weighted by Gasteiger charge is 2.19. The van der Waals surface area contributed by atoms with E-state index < -0.39 is 10.0 Å². The maximum atomic E-state index is 12.4. The second-order valence-electron chi connectivity index (χ2n) is 4.22. The second-order valence-corrected chi connectivity index (χ2v) is 7.58. The first-order chi connectivity index (χ1) is 9.31. The highest BCUT2D eigenvalue weighted by Crippen LogP contribution is 2.29. The number of para-hydroxylation sites is 1. The van der Waals surface area contributed by atoms with Crippen molar-refractivity contribution in [3.8, 4) is 0 Å². The Hall–Kier alpha value is -1.05. The molecular formula is C13H12Br2N2O2S. The number of benzene rings is 2. The van der Waals surface area contributed by atoms with E-state index in [2.05, 4.69) is 36.6 Å². The molecule has 0 fully saturated rings. The summed E-state index contributed by atoms with van der Waals surface area (Å²) in [5.74, 6) is 0. The third-order valence-corrected chi connectivity index (χ3v) is 5.59. The SMILES string of the molecule is Cc1cc(Br)c(N)cc1S(=O)(=O)Nc1ccccc1Br. The molecule has 0 bridgehead atoms. The fraction of sp³-hybridized carbons (Fsp3) is 0.0769. The molecule has 0 amide bonds. The molecule has 2 rings (SSSR count). The molecule has 0 radical (unpaired) electrons. The van der Waals surface area contributed by atoms with Crippen LogP contribution in [0.1, 0.15) is 5.56 Å². The van der Waals surface area contributed by atoms with Crippen molar-refractivity contribution in [3.05, 3.63) is 50.9 Å². The predicted octanol–water partition coefficient (Wildman–Crippen LogP) is 3.90. The van der Waals surface area contributed by atoms with Crippen LogP contribution in [0.4, 0.5) is 11.4 Å². The van der Waals surface area contributed by atoms with Crippen LogP contribution >= 0.6 is 31.9 Å². The molecule has 2 aromatic carbocycles. The lowest BCUT2D eigenvalue weighted by molar-refractivity contribution is 0.600. The zero-order valence-corrected chi connectivity index (χ0v) is 14.5. The van der Waals surface area contributed by atoms with Crippen LogP contribution in [0.15, 0.2) is 50.2 Å². The van der Waals surface area contributed by atoms with Gasteiger partial charge < -0.3 is 5.73 Å². The number of aryl methyl sites for hydroxylation is 1. The Labute approximate surface area is 134 Å². The van der Waals surface area contributed by atoms with Gasteiger partial charge in [-0.05, 0) is 68.6 Å². The third-order valence-electron chi connectivity index (χ3n) is 2.70. The Balaban J connectivity index is 2.47. The minimum absolute atomic E-state index is 0.161. The summed E-state index contributed by atoms with van der Waals surface area (Å²) in [5, 5.41) is 0. The largest absolute Gasteiger partial charge is 0.398 e. The molecule has 0 aliphatic rings. The van der Waals surface area contributed by atoms with E-state index in [0.29, 0.717) is 25.9 Å². The van der Waals surface area contributed by atoms with E-state index in [-0.39, 0.29) is 4.90 Å². The molecule has 0 aromatic heterocycles. The van der Waals surface area contributed by atoms with Crippen LogP contribution in [0.2, 0.25) is 0 Å². The van der Waals surface area contributed by atoms with E-state index in [9.17, 15) is 8.42 Å². The molecule has 106 valence electrons. The third kappa shape index (κ3) is 3.16. The van der Waals surface area contributed by atoms with Crippen LogP contribution in [-0.4, -0.2) is 8.42 Å². The summed E-state index contributed by atoms with van der Waals surface area (Å²) < 4.78 is 28.8. The van der Waals surface area contributed by atoms with Crippen molar-refractivity contribution in [1.29, 1.82) is 0 Å². The zero-order chi connectivity index (χ0) is 14.9.